The number of carbonyl (C=O) groups excluding carboxylic acids is 1. The van der Waals surface area contributed by atoms with Gasteiger partial charge < -0.3 is 19.5 Å². The molecule has 1 aromatic rings. The molecule has 5 nitrogen and oxygen atoms in total. The van der Waals surface area contributed by atoms with Gasteiger partial charge in [-0.2, -0.15) is 0 Å². The van der Waals surface area contributed by atoms with Crippen molar-refractivity contribution in [1.29, 1.82) is 0 Å². The quantitative estimate of drug-likeness (QED) is 0.899. The number of rotatable bonds is 5. The second kappa shape index (κ2) is 7.03. The summed E-state index contributed by atoms with van der Waals surface area (Å²) in [5, 5.41) is 2.73. The fourth-order valence-electron chi connectivity index (χ4n) is 1.85. The maximum atomic E-state index is 11.4. The monoisotopic (exact) mass is 279 g/mol. The highest BCUT2D eigenvalue weighted by molar-refractivity contribution is 5.67. The molecule has 0 saturated carbocycles. The number of amides is 1. The maximum absolute atomic E-state index is 11.4. The van der Waals surface area contributed by atoms with Crippen LogP contribution >= 0.6 is 0 Å². The molecule has 20 heavy (non-hydrogen) atoms. The van der Waals surface area contributed by atoms with Crippen molar-refractivity contribution >= 4 is 6.09 Å². The molecule has 1 amide bonds. The van der Waals surface area contributed by atoms with Crippen molar-refractivity contribution in [3.63, 3.8) is 0 Å². The van der Waals surface area contributed by atoms with Crippen LogP contribution in [-0.2, 0) is 11.2 Å². The lowest BCUT2D eigenvalue weighted by atomic mass is 10.1. The minimum absolute atomic E-state index is 0.346. The van der Waals surface area contributed by atoms with E-state index in [2.05, 4.69) is 5.32 Å². The van der Waals surface area contributed by atoms with Gasteiger partial charge in [0.1, 0.15) is 13.2 Å². The number of benzene rings is 1. The van der Waals surface area contributed by atoms with Crippen molar-refractivity contribution in [2.45, 2.75) is 20.3 Å². The van der Waals surface area contributed by atoms with E-state index in [1.54, 1.807) is 0 Å². The van der Waals surface area contributed by atoms with Gasteiger partial charge in [0.25, 0.3) is 0 Å². The highest BCUT2D eigenvalue weighted by atomic mass is 16.6. The first-order chi connectivity index (χ1) is 9.65. The molecule has 0 saturated heterocycles. The summed E-state index contributed by atoms with van der Waals surface area (Å²) in [6.07, 6.45) is 0.365. The molecule has 0 aliphatic carbocycles. The predicted octanol–water partition coefficient (Wildman–Crippen LogP) is 2.38. The van der Waals surface area contributed by atoms with Crippen LogP contribution in [0, 0.1) is 5.92 Å². The number of alkyl carbamates (subject to hydrolysis) is 1. The van der Waals surface area contributed by atoms with Crippen molar-refractivity contribution in [2.24, 2.45) is 5.92 Å². The van der Waals surface area contributed by atoms with Crippen LogP contribution in [0.25, 0.3) is 0 Å². The van der Waals surface area contributed by atoms with Gasteiger partial charge in [-0.05, 0) is 30.0 Å². The lowest BCUT2D eigenvalue weighted by molar-refractivity contribution is 0.133. The summed E-state index contributed by atoms with van der Waals surface area (Å²) in [5.74, 6) is 1.90. The third-order valence-electron chi connectivity index (χ3n) is 2.84. The van der Waals surface area contributed by atoms with Crippen LogP contribution in [-0.4, -0.2) is 32.5 Å². The molecule has 1 aromatic carbocycles. The van der Waals surface area contributed by atoms with E-state index in [-0.39, 0.29) is 6.09 Å². The number of carbonyl (C=O) groups is 1. The number of hydrogen-bond donors (Lipinski definition) is 1. The van der Waals surface area contributed by atoms with E-state index < -0.39 is 0 Å². The van der Waals surface area contributed by atoms with Crippen LogP contribution in [0.2, 0.25) is 0 Å². The molecule has 1 N–H and O–H groups in total. The molecule has 0 fully saturated rings. The van der Waals surface area contributed by atoms with Gasteiger partial charge in [0.15, 0.2) is 11.5 Å². The highest BCUT2D eigenvalue weighted by Gasteiger charge is 2.11. The molecule has 0 unspecified atom stereocenters. The van der Waals surface area contributed by atoms with Crippen molar-refractivity contribution in [3.8, 4) is 11.5 Å². The second-order valence-corrected chi connectivity index (χ2v) is 5.15. The minimum atomic E-state index is -0.365. The molecule has 1 heterocycles. The molecule has 1 aliphatic heterocycles. The average Bonchev–Trinajstić information content (AvgIpc) is 2.45. The van der Waals surface area contributed by atoms with Crippen LogP contribution in [0.15, 0.2) is 18.2 Å². The third kappa shape index (κ3) is 4.33. The Hall–Kier alpha value is -1.91. The van der Waals surface area contributed by atoms with Crippen molar-refractivity contribution < 1.29 is 19.0 Å². The fraction of sp³-hybridized carbons (Fsp3) is 0.533. The maximum Gasteiger partial charge on any atom is 0.407 e. The topological polar surface area (TPSA) is 56.8 Å². The van der Waals surface area contributed by atoms with E-state index in [9.17, 15) is 4.79 Å². The summed E-state index contributed by atoms with van der Waals surface area (Å²) in [7, 11) is 0. The summed E-state index contributed by atoms with van der Waals surface area (Å²) in [6.45, 7) is 6.16. The Bertz CT molecular complexity index is 459. The molecule has 1 aliphatic rings. The molecule has 0 aromatic heterocycles. The van der Waals surface area contributed by atoms with Gasteiger partial charge in [-0.3, -0.25) is 0 Å². The Balaban J connectivity index is 1.75. The predicted molar refractivity (Wildman–Crippen MR) is 75.3 cm³/mol. The molecule has 0 atom stereocenters. The smallest absolute Gasteiger partial charge is 0.407 e. The number of hydrogen-bond acceptors (Lipinski definition) is 4. The van der Waals surface area contributed by atoms with E-state index in [4.69, 9.17) is 14.2 Å². The van der Waals surface area contributed by atoms with Crippen molar-refractivity contribution in [3.05, 3.63) is 23.8 Å². The first-order valence-electron chi connectivity index (χ1n) is 6.94. The summed E-state index contributed by atoms with van der Waals surface area (Å²) in [4.78, 5) is 11.4. The van der Waals surface area contributed by atoms with E-state index in [0.717, 1.165) is 23.5 Å². The van der Waals surface area contributed by atoms with E-state index in [1.165, 1.54) is 0 Å². The summed E-state index contributed by atoms with van der Waals surface area (Å²) < 4.78 is 16.0. The molecular weight excluding hydrogens is 258 g/mol. The Morgan fingerprint density at radius 3 is 2.80 bits per heavy atom. The van der Waals surface area contributed by atoms with Gasteiger partial charge in [0.05, 0.1) is 6.61 Å². The number of nitrogens with one attached hydrogen (secondary N) is 1. The van der Waals surface area contributed by atoms with Gasteiger partial charge in [-0.1, -0.05) is 19.9 Å². The van der Waals surface area contributed by atoms with Crippen LogP contribution in [0.3, 0.4) is 0 Å². The van der Waals surface area contributed by atoms with Gasteiger partial charge >= 0.3 is 6.09 Å². The number of ether oxygens (including phenoxy) is 3. The SMILES string of the molecule is CC(C)COC(=O)NCCc1ccc2c(c1)OCCO2. The summed E-state index contributed by atoms with van der Waals surface area (Å²) in [5.41, 5.74) is 1.10. The van der Waals surface area contributed by atoms with Crippen LogP contribution in [0.1, 0.15) is 19.4 Å². The molecule has 2 rings (SSSR count). The third-order valence-corrected chi connectivity index (χ3v) is 2.84. The molecule has 0 bridgehead atoms. The first-order valence-corrected chi connectivity index (χ1v) is 6.94. The lowest BCUT2D eigenvalue weighted by Crippen LogP contribution is -2.27. The van der Waals surface area contributed by atoms with Crippen molar-refractivity contribution in [2.75, 3.05) is 26.4 Å². The van der Waals surface area contributed by atoms with Gasteiger partial charge in [0, 0.05) is 6.54 Å². The van der Waals surface area contributed by atoms with Crippen LogP contribution < -0.4 is 14.8 Å². The normalized spacial score (nSPS) is 13.2. The van der Waals surface area contributed by atoms with Crippen molar-refractivity contribution in [1.82, 2.24) is 5.32 Å². The minimum Gasteiger partial charge on any atom is -0.486 e. The lowest BCUT2D eigenvalue weighted by Gasteiger charge is -2.18. The zero-order valence-electron chi connectivity index (χ0n) is 12.0. The summed E-state index contributed by atoms with van der Waals surface area (Å²) in [6, 6.07) is 5.84. The second-order valence-electron chi connectivity index (χ2n) is 5.15. The van der Waals surface area contributed by atoms with Crippen LogP contribution in [0.4, 0.5) is 4.79 Å². The summed E-state index contributed by atoms with van der Waals surface area (Å²) >= 11 is 0. The Labute approximate surface area is 119 Å². The van der Waals surface area contributed by atoms with Gasteiger partial charge in [-0.25, -0.2) is 4.79 Å². The molecule has 5 heteroatoms. The van der Waals surface area contributed by atoms with Gasteiger partial charge in [0.2, 0.25) is 0 Å². The largest absolute Gasteiger partial charge is 0.486 e. The van der Waals surface area contributed by atoms with Crippen LogP contribution in [0.5, 0.6) is 11.5 Å². The molecule has 110 valence electrons. The van der Waals surface area contributed by atoms with E-state index in [1.807, 2.05) is 32.0 Å². The number of fused-ring (bicyclic) bond motifs is 1. The Morgan fingerprint density at radius 2 is 2.05 bits per heavy atom. The first kappa shape index (κ1) is 14.5. The Morgan fingerprint density at radius 1 is 1.30 bits per heavy atom. The van der Waals surface area contributed by atoms with E-state index in [0.29, 0.717) is 32.3 Å². The molecule has 0 spiro atoms. The van der Waals surface area contributed by atoms with Gasteiger partial charge in [-0.15, -0.1) is 0 Å². The highest BCUT2D eigenvalue weighted by Crippen LogP contribution is 2.30. The fourth-order valence-corrected chi connectivity index (χ4v) is 1.85. The van der Waals surface area contributed by atoms with E-state index >= 15 is 0 Å². The molecular formula is C15H21NO4. The molecule has 0 radical (unpaired) electrons. The zero-order valence-corrected chi connectivity index (χ0v) is 12.0. The standard InChI is InChI=1S/C15H21NO4/c1-11(2)10-20-15(17)16-6-5-12-3-4-13-14(9-12)19-8-7-18-13/h3-4,9,11H,5-8,10H2,1-2H3,(H,16,17). The average molecular weight is 279 g/mol. The zero-order chi connectivity index (χ0) is 14.4. The Kier molecular flexibility index (Phi) is 5.09.